The van der Waals surface area contributed by atoms with Crippen molar-refractivity contribution in [3.05, 3.63) is 99.4 Å². The SMILES string of the molecule is Cc1cccc(C)c1NC(=O)C(CNC(=O)c1ccccn1)c1ccc([N+](=O)[O-])cc1. The van der Waals surface area contributed by atoms with E-state index in [4.69, 9.17) is 0 Å². The Balaban J connectivity index is 1.85. The summed E-state index contributed by atoms with van der Waals surface area (Å²) in [6.45, 7) is 3.79. The van der Waals surface area contributed by atoms with E-state index in [1.54, 1.807) is 18.2 Å². The zero-order valence-electron chi connectivity index (χ0n) is 17.2. The molecule has 31 heavy (non-hydrogen) atoms. The first kappa shape index (κ1) is 21.6. The second kappa shape index (κ2) is 9.62. The zero-order valence-corrected chi connectivity index (χ0v) is 17.2. The molecule has 1 heterocycles. The third kappa shape index (κ3) is 5.30. The van der Waals surface area contributed by atoms with Crippen LogP contribution in [0.5, 0.6) is 0 Å². The van der Waals surface area contributed by atoms with Crippen molar-refractivity contribution in [1.82, 2.24) is 10.3 Å². The molecule has 2 amide bonds. The number of hydrogen-bond acceptors (Lipinski definition) is 5. The minimum atomic E-state index is -0.757. The Bertz CT molecular complexity index is 1080. The van der Waals surface area contributed by atoms with E-state index in [0.29, 0.717) is 11.3 Å². The van der Waals surface area contributed by atoms with Crippen molar-refractivity contribution < 1.29 is 14.5 Å². The highest BCUT2D eigenvalue weighted by atomic mass is 16.6. The van der Waals surface area contributed by atoms with Gasteiger partial charge in [0.15, 0.2) is 0 Å². The van der Waals surface area contributed by atoms with Crippen molar-refractivity contribution in [3.8, 4) is 0 Å². The number of carbonyl (C=O) groups is 2. The topological polar surface area (TPSA) is 114 Å². The largest absolute Gasteiger partial charge is 0.350 e. The van der Waals surface area contributed by atoms with E-state index < -0.39 is 16.7 Å². The van der Waals surface area contributed by atoms with Gasteiger partial charge in [-0.1, -0.05) is 36.4 Å². The van der Waals surface area contributed by atoms with E-state index in [9.17, 15) is 19.7 Å². The summed E-state index contributed by atoms with van der Waals surface area (Å²) in [5.74, 6) is -1.49. The first-order chi connectivity index (χ1) is 14.9. The van der Waals surface area contributed by atoms with Crippen LogP contribution in [0.15, 0.2) is 66.9 Å². The molecule has 8 nitrogen and oxygen atoms in total. The Morgan fingerprint density at radius 1 is 1.00 bits per heavy atom. The molecule has 2 N–H and O–H groups in total. The first-order valence-electron chi connectivity index (χ1n) is 9.67. The molecule has 0 aliphatic carbocycles. The molecule has 8 heteroatoms. The molecular formula is C23H22N4O4. The second-order valence-electron chi connectivity index (χ2n) is 7.08. The number of benzene rings is 2. The number of hydrogen-bond donors (Lipinski definition) is 2. The molecule has 1 unspecified atom stereocenters. The van der Waals surface area contributed by atoms with Crippen LogP contribution in [0, 0.1) is 24.0 Å². The van der Waals surface area contributed by atoms with Gasteiger partial charge in [-0.3, -0.25) is 24.7 Å². The fourth-order valence-electron chi connectivity index (χ4n) is 3.19. The maximum atomic E-state index is 13.2. The van der Waals surface area contributed by atoms with Gasteiger partial charge in [-0.15, -0.1) is 0 Å². The van der Waals surface area contributed by atoms with Crippen LogP contribution >= 0.6 is 0 Å². The molecule has 0 spiro atoms. The Morgan fingerprint density at radius 3 is 2.26 bits per heavy atom. The highest BCUT2D eigenvalue weighted by Gasteiger charge is 2.24. The van der Waals surface area contributed by atoms with Crippen molar-refractivity contribution in [3.63, 3.8) is 0 Å². The zero-order chi connectivity index (χ0) is 22.4. The number of aryl methyl sites for hydroxylation is 2. The summed E-state index contributed by atoms with van der Waals surface area (Å²) in [4.78, 5) is 40.1. The average molecular weight is 418 g/mol. The number of amides is 2. The third-order valence-corrected chi connectivity index (χ3v) is 4.92. The summed E-state index contributed by atoms with van der Waals surface area (Å²) in [6.07, 6.45) is 1.51. The Morgan fingerprint density at radius 2 is 1.68 bits per heavy atom. The molecule has 0 bridgehead atoms. The van der Waals surface area contributed by atoms with Gasteiger partial charge in [0.25, 0.3) is 11.6 Å². The first-order valence-corrected chi connectivity index (χ1v) is 9.67. The molecule has 2 aromatic carbocycles. The van der Waals surface area contributed by atoms with E-state index >= 15 is 0 Å². The van der Waals surface area contributed by atoms with Gasteiger partial charge >= 0.3 is 0 Å². The molecule has 158 valence electrons. The number of pyridine rings is 1. The van der Waals surface area contributed by atoms with E-state index in [0.717, 1.165) is 11.1 Å². The highest BCUT2D eigenvalue weighted by Crippen LogP contribution is 2.24. The fraction of sp³-hybridized carbons (Fsp3) is 0.174. The number of carbonyl (C=O) groups excluding carboxylic acids is 2. The van der Waals surface area contributed by atoms with Gasteiger partial charge in [0, 0.05) is 30.6 Å². The molecule has 0 fully saturated rings. The molecule has 0 saturated carbocycles. The van der Waals surface area contributed by atoms with Gasteiger partial charge < -0.3 is 10.6 Å². The predicted molar refractivity (Wildman–Crippen MR) is 117 cm³/mol. The minimum Gasteiger partial charge on any atom is -0.350 e. The van der Waals surface area contributed by atoms with E-state index in [-0.39, 0.29) is 23.8 Å². The molecule has 0 aliphatic rings. The van der Waals surface area contributed by atoms with Crippen molar-refractivity contribution in [2.75, 3.05) is 11.9 Å². The summed E-state index contributed by atoms with van der Waals surface area (Å²) in [7, 11) is 0. The number of non-ortho nitro benzene ring substituents is 1. The van der Waals surface area contributed by atoms with Crippen LogP contribution in [0.25, 0.3) is 0 Å². The van der Waals surface area contributed by atoms with Gasteiger partial charge in [0.1, 0.15) is 5.69 Å². The quantitative estimate of drug-likeness (QED) is 0.448. The van der Waals surface area contributed by atoms with E-state index in [1.165, 1.54) is 30.5 Å². The molecule has 1 atom stereocenters. The molecule has 0 radical (unpaired) electrons. The predicted octanol–water partition coefficient (Wildman–Crippen LogP) is 3.76. The number of para-hydroxylation sites is 1. The monoisotopic (exact) mass is 418 g/mol. The summed E-state index contributed by atoms with van der Waals surface area (Å²) in [5.41, 5.74) is 3.24. The standard InChI is InChI=1S/C23H22N4O4/c1-15-6-5-7-16(2)21(15)26-22(28)19(17-9-11-18(12-10-17)27(30)31)14-25-23(29)20-8-3-4-13-24-20/h3-13,19H,14H2,1-2H3,(H,25,29)(H,26,28). The van der Waals surface area contributed by atoms with Crippen LogP contribution in [0.3, 0.4) is 0 Å². The van der Waals surface area contributed by atoms with Gasteiger partial charge in [-0.25, -0.2) is 0 Å². The summed E-state index contributed by atoms with van der Waals surface area (Å²) in [6, 6.07) is 16.4. The summed E-state index contributed by atoms with van der Waals surface area (Å²) in [5, 5.41) is 16.6. The van der Waals surface area contributed by atoms with Crippen LogP contribution in [0.4, 0.5) is 11.4 Å². The lowest BCUT2D eigenvalue weighted by atomic mass is 9.97. The Hall–Kier alpha value is -4.07. The smallest absolute Gasteiger partial charge is 0.269 e. The summed E-state index contributed by atoms with van der Waals surface area (Å²) >= 11 is 0. The molecule has 0 aliphatic heterocycles. The molecule has 0 saturated heterocycles. The van der Waals surface area contributed by atoms with Gasteiger partial charge in [-0.05, 0) is 42.7 Å². The number of nitro benzene ring substituents is 1. The number of nitro groups is 1. The normalized spacial score (nSPS) is 11.4. The van der Waals surface area contributed by atoms with E-state index in [1.807, 2.05) is 32.0 Å². The second-order valence-corrected chi connectivity index (χ2v) is 7.08. The average Bonchev–Trinajstić information content (AvgIpc) is 2.77. The van der Waals surface area contributed by atoms with Crippen LogP contribution in [0.1, 0.15) is 33.1 Å². The van der Waals surface area contributed by atoms with Crippen molar-refractivity contribution in [2.24, 2.45) is 0 Å². The van der Waals surface area contributed by atoms with Crippen molar-refractivity contribution >= 4 is 23.2 Å². The molecule has 3 aromatic rings. The number of aromatic nitrogens is 1. The third-order valence-electron chi connectivity index (χ3n) is 4.92. The van der Waals surface area contributed by atoms with Crippen LogP contribution in [-0.2, 0) is 4.79 Å². The van der Waals surface area contributed by atoms with Gasteiger partial charge in [-0.2, -0.15) is 0 Å². The molecular weight excluding hydrogens is 396 g/mol. The minimum absolute atomic E-state index is 0.00395. The van der Waals surface area contributed by atoms with Gasteiger partial charge in [0.2, 0.25) is 5.91 Å². The van der Waals surface area contributed by atoms with Crippen LogP contribution in [-0.4, -0.2) is 28.3 Å². The number of anilines is 1. The lowest BCUT2D eigenvalue weighted by Crippen LogP contribution is -2.34. The lowest BCUT2D eigenvalue weighted by Gasteiger charge is -2.20. The Kier molecular flexibility index (Phi) is 6.71. The van der Waals surface area contributed by atoms with Crippen molar-refractivity contribution in [1.29, 1.82) is 0 Å². The van der Waals surface area contributed by atoms with Crippen LogP contribution in [0.2, 0.25) is 0 Å². The van der Waals surface area contributed by atoms with E-state index in [2.05, 4.69) is 15.6 Å². The number of nitrogens with one attached hydrogen (secondary N) is 2. The maximum absolute atomic E-state index is 13.2. The molecule has 1 aromatic heterocycles. The Labute approximate surface area is 179 Å². The summed E-state index contributed by atoms with van der Waals surface area (Å²) < 4.78 is 0. The van der Waals surface area contributed by atoms with Gasteiger partial charge in [0.05, 0.1) is 10.8 Å². The molecule has 3 rings (SSSR count). The fourth-order valence-corrected chi connectivity index (χ4v) is 3.19. The maximum Gasteiger partial charge on any atom is 0.269 e. The number of nitrogens with zero attached hydrogens (tertiary/aromatic N) is 2. The lowest BCUT2D eigenvalue weighted by molar-refractivity contribution is -0.384. The van der Waals surface area contributed by atoms with Crippen LogP contribution < -0.4 is 10.6 Å². The van der Waals surface area contributed by atoms with Crippen molar-refractivity contribution in [2.45, 2.75) is 19.8 Å². The number of rotatable bonds is 7. The highest BCUT2D eigenvalue weighted by molar-refractivity contribution is 5.98.